The van der Waals surface area contributed by atoms with Gasteiger partial charge in [0, 0.05) is 26.0 Å². The first-order valence-corrected chi connectivity index (χ1v) is 8.75. The first kappa shape index (κ1) is 15.1. The molecule has 1 unspecified atom stereocenters. The van der Waals surface area contributed by atoms with Gasteiger partial charge in [-0.3, -0.25) is 9.36 Å². The smallest absolute Gasteiger partial charge is 0.261 e. The Hall–Kier alpha value is -3.22. The van der Waals surface area contributed by atoms with Crippen molar-refractivity contribution < 1.29 is 0 Å². The van der Waals surface area contributed by atoms with E-state index in [0.29, 0.717) is 5.39 Å². The van der Waals surface area contributed by atoms with Crippen LogP contribution in [0.4, 0.5) is 5.82 Å². The molecule has 1 saturated heterocycles. The molecule has 1 aromatic carbocycles. The van der Waals surface area contributed by atoms with Crippen LogP contribution in [0, 0.1) is 0 Å². The lowest BCUT2D eigenvalue weighted by atomic mass is 10.1. The molecule has 0 amide bonds. The predicted octanol–water partition coefficient (Wildman–Crippen LogP) is 2.32. The Morgan fingerprint density at radius 3 is 2.96 bits per heavy atom. The molecule has 0 aliphatic carbocycles. The molecule has 3 aromatic heterocycles. The summed E-state index contributed by atoms with van der Waals surface area (Å²) in [5, 5.41) is 4.95. The molecule has 1 atom stereocenters. The van der Waals surface area contributed by atoms with Crippen molar-refractivity contribution in [2.75, 3.05) is 11.4 Å². The van der Waals surface area contributed by atoms with Crippen LogP contribution in [0.5, 0.6) is 0 Å². The normalized spacial score (nSPS) is 17.4. The highest BCUT2D eigenvalue weighted by Gasteiger charge is 2.31. The minimum Gasteiger partial charge on any atom is -0.345 e. The Morgan fingerprint density at radius 2 is 2.04 bits per heavy atom. The number of fused-ring (bicyclic) bond motifs is 2. The standard InChI is InChI=1S/C19H18N6O/c1-23-18(22-14-6-3-2-5-13(14)19(23)26)15-7-4-11-24(15)17-16-8-9-21-25(16)12-10-20-17/h2-3,5-6,8-10,12,15H,4,7,11H2,1H3. The number of hydrogen-bond acceptors (Lipinski definition) is 5. The summed E-state index contributed by atoms with van der Waals surface area (Å²) >= 11 is 0. The van der Waals surface area contributed by atoms with Crippen molar-refractivity contribution in [3.05, 3.63) is 65.1 Å². The van der Waals surface area contributed by atoms with Crippen LogP contribution < -0.4 is 10.5 Å². The molecule has 130 valence electrons. The van der Waals surface area contributed by atoms with E-state index in [0.717, 1.165) is 42.1 Å². The van der Waals surface area contributed by atoms with Gasteiger partial charge < -0.3 is 4.90 Å². The van der Waals surface area contributed by atoms with E-state index < -0.39 is 0 Å². The van der Waals surface area contributed by atoms with Crippen molar-refractivity contribution in [3.63, 3.8) is 0 Å². The van der Waals surface area contributed by atoms with Crippen LogP contribution in [-0.2, 0) is 7.05 Å². The van der Waals surface area contributed by atoms with Crippen molar-refractivity contribution in [2.24, 2.45) is 7.05 Å². The molecule has 0 bridgehead atoms. The summed E-state index contributed by atoms with van der Waals surface area (Å²) in [5.41, 5.74) is 1.70. The minimum atomic E-state index is -0.00651. The van der Waals surface area contributed by atoms with Crippen LogP contribution in [0.1, 0.15) is 24.7 Å². The molecule has 1 fully saturated rings. The number of aromatic nitrogens is 5. The van der Waals surface area contributed by atoms with Gasteiger partial charge in [-0.15, -0.1) is 0 Å². The molecule has 4 heterocycles. The van der Waals surface area contributed by atoms with E-state index >= 15 is 0 Å². The Labute approximate surface area is 149 Å². The maximum absolute atomic E-state index is 12.8. The second-order valence-corrected chi connectivity index (χ2v) is 6.61. The van der Waals surface area contributed by atoms with E-state index in [4.69, 9.17) is 4.98 Å². The van der Waals surface area contributed by atoms with Crippen LogP contribution in [0.15, 0.2) is 53.7 Å². The minimum absolute atomic E-state index is 0.00651. The van der Waals surface area contributed by atoms with Gasteiger partial charge in [-0.05, 0) is 31.0 Å². The monoisotopic (exact) mass is 346 g/mol. The van der Waals surface area contributed by atoms with E-state index in [1.807, 2.05) is 41.0 Å². The molecule has 26 heavy (non-hydrogen) atoms. The van der Waals surface area contributed by atoms with Crippen LogP contribution in [0.3, 0.4) is 0 Å². The zero-order valence-electron chi connectivity index (χ0n) is 14.4. The fourth-order valence-corrected chi connectivity index (χ4v) is 3.89. The van der Waals surface area contributed by atoms with Crippen molar-refractivity contribution in [1.29, 1.82) is 0 Å². The number of para-hydroxylation sites is 1. The first-order chi connectivity index (χ1) is 12.7. The van der Waals surface area contributed by atoms with Gasteiger partial charge in [0.25, 0.3) is 5.56 Å². The molecule has 7 heteroatoms. The summed E-state index contributed by atoms with van der Waals surface area (Å²) in [4.78, 5) is 24.5. The van der Waals surface area contributed by atoms with Gasteiger partial charge in [-0.1, -0.05) is 12.1 Å². The van der Waals surface area contributed by atoms with Crippen LogP contribution in [0.2, 0.25) is 0 Å². The third-order valence-corrected chi connectivity index (χ3v) is 5.14. The fraction of sp³-hybridized carbons (Fsp3) is 0.263. The lowest BCUT2D eigenvalue weighted by Gasteiger charge is -2.27. The topological polar surface area (TPSA) is 68.3 Å². The molecular formula is C19H18N6O. The Kier molecular flexibility index (Phi) is 3.28. The van der Waals surface area contributed by atoms with Gasteiger partial charge in [0.2, 0.25) is 0 Å². The molecule has 0 radical (unpaired) electrons. The lowest BCUT2D eigenvalue weighted by Crippen LogP contribution is -2.31. The summed E-state index contributed by atoms with van der Waals surface area (Å²) in [6, 6.07) is 9.50. The van der Waals surface area contributed by atoms with E-state index in [1.54, 1.807) is 24.0 Å². The van der Waals surface area contributed by atoms with Gasteiger partial charge in [0.15, 0.2) is 5.82 Å². The largest absolute Gasteiger partial charge is 0.345 e. The quantitative estimate of drug-likeness (QED) is 0.557. The van der Waals surface area contributed by atoms with E-state index in [9.17, 15) is 4.79 Å². The molecule has 5 rings (SSSR count). The summed E-state index contributed by atoms with van der Waals surface area (Å²) in [5.74, 6) is 1.67. The molecule has 1 aliphatic heterocycles. The van der Waals surface area contributed by atoms with Crippen LogP contribution >= 0.6 is 0 Å². The average Bonchev–Trinajstić information content (AvgIpc) is 3.33. The molecule has 0 saturated carbocycles. The highest BCUT2D eigenvalue weighted by molar-refractivity contribution is 5.77. The third kappa shape index (κ3) is 2.13. The predicted molar refractivity (Wildman–Crippen MR) is 99.3 cm³/mol. The second kappa shape index (κ2) is 5.66. The van der Waals surface area contributed by atoms with E-state index in [-0.39, 0.29) is 11.6 Å². The zero-order valence-corrected chi connectivity index (χ0v) is 14.4. The molecule has 1 aliphatic rings. The number of nitrogens with zero attached hydrogens (tertiary/aromatic N) is 6. The number of anilines is 1. The first-order valence-electron chi connectivity index (χ1n) is 8.75. The van der Waals surface area contributed by atoms with Crippen molar-refractivity contribution >= 4 is 22.2 Å². The number of rotatable bonds is 2. The van der Waals surface area contributed by atoms with Crippen molar-refractivity contribution in [3.8, 4) is 0 Å². The zero-order chi connectivity index (χ0) is 17.7. The van der Waals surface area contributed by atoms with Crippen molar-refractivity contribution in [2.45, 2.75) is 18.9 Å². The summed E-state index contributed by atoms with van der Waals surface area (Å²) in [6.07, 6.45) is 7.35. The molecule has 7 nitrogen and oxygen atoms in total. The van der Waals surface area contributed by atoms with Gasteiger partial charge >= 0.3 is 0 Å². The average molecular weight is 346 g/mol. The summed E-state index contributed by atoms with van der Waals surface area (Å²) in [7, 11) is 1.81. The van der Waals surface area contributed by atoms with E-state index in [1.165, 1.54) is 0 Å². The SMILES string of the molecule is Cn1c(C2CCCN2c2nccn3nccc23)nc2ccccc2c1=O. The lowest BCUT2D eigenvalue weighted by molar-refractivity contribution is 0.607. The molecular weight excluding hydrogens is 328 g/mol. The molecule has 4 aromatic rings. The maximum Gasteiger partial charge on any atom is 0.261 e. The third-order valence-electron chi connectivity index (χ3n) is 5.14. The van der Waals surface area contributed by atoms with Gasteiger partial charge in [-0.25, -0.2) is 14.5 Å². The Morgan fingerprint density at radius 1 is 1.15 bits per heavy atom. The Balaban J connectivity index is 1.68. The van der Waals surface area contributed by atoms with Gasteiger partial charge in [-0.2, -0.15) is 5.10 Å². The molecule has 0 N–H and O–H groups in total. The van der Waals surface area contributed by atoms with Crippen molar-refractivity contribution in [1.82, 2.24) is 24.1 Å². The maximum atomic E-state index is 12.8. The number of hydrogen-bond donors (Lipinski definition) is 0. The molecule has 0 spiro atoms. The fourth-order valence-electron chi connectivity index (χ4n) is 3.89. The Bertz CT molecular complexity index is 1180. The van der Waals surface area contributed by atoms with Crippen LogP contribution in [0.25, 0.3) is 16.4 Å². The van der Waals surface area contributed by atoms with E-state index in [2.05, 4.69) is 15.0 Å². The highest BCUT2D eigenvalue weighted by Crippen LogP contribution is 2.35. The summed E-state index contributed by atoms with van der Waals surface area (Å²) < 4.78 is 3.51. The van der Waals surface area contributed by atoms with Gasteiger partial charge in [0.1, 0.15) is 11.3 Å². The van der Waals surface area contributed by atoms with Crippen LogP contribution in [-0.4, -0.2) is 30.7 Å². The number of benzene rings is 1. The second-order valence-electron chi connectivity index (χ2n) is 6.61. The highest BCUT2D eigenvalue weighted by atomic mass is 16.1. The van der Waals surface area contributed by atoms with Gasteiger partial charge in [0.05, 0.1) is 23.1 Å². The summed E-state index contributed by atoms with van der Waals surface area (Å²) in [6.45, 7) is 0.880.